The van der Waals surface area contributed by atoms with Crippen molar-refractivity contribution in [3.63, 3.8) is 0 Å². The van der Waals surface area contributed by atoms with Crippen molar-refractivity contribution < 1.29 is 9.59 Å². The molecule has 1 fully saturated rings. The number of hydrogen-bond acceptors (Lipinski definition) is 5. The molecular formula is C12H20N6O2. The normalized spacial score (nSPS) is 16.2. The first-order valence-electron chi connectivity index (χ1n) is 6.67. The fourth-order valence-corrected chi connectivity index (χ4v) is 2.45. The Bertz CT molecular complexity index is 504. The van der Waals surface area contributed by atoms with Gasteiger partial charge in [0.1, 0.15) is 18.2 Å². The van der Waals surface area contributed by atoms with Gasteiger partial charge < -0.3 is 4.90 Å². The van der Waals surface area contributed by atoms with Crippen LogP contribution in [0.2, 0.25) is 0 Å². The van der Waals surface area contributed by atoms with Crippen molar-refractivity contribution in [3.8, 4) is 0 Å². The SMILES string of the molecule is Cc1nc(C)n(CC(=O)N2CCC(C(=O)NN)CC2)n1. The summed E-state index contributed by atoms with van der Waals surface area (Å²) < 4.78 is 1.61. The van der Waals surface area contributed by atoms with Crippen LogP contribution in [0.25, 0.3) is 0 Å². The van der Waals surface area contributed by atoms with Crippen LogP contribution in [0.4, 0.5) is 0 Å². The lowest BCUT2D eigenvalue weighted by Gasteiger charge is -2.31. The average Bonchev–Trinajstić information content (AvgIpc) is 2.76. The summed E-state index contributed by atoms with van der Waals surface area (Å²) >= 11 is 0. The van der Waals surface area contributed by atoms with E-state index in [1.165, 1.54) is 0 Å². The quantitative estimate of drug-likeness (QED) is 0.425. The van der Waals surface area contributed by atoms with Gasteiger partial charge in [0.05, 0.1) is 0 Å². The Kier molecular flexibility index (Phi) is 4.33. The van der Waals surface area contributed by atoms with Gasteiger partial charge in [-0.2, -0.15) is 5.10 Å². The van der Waals surface area contributed by atoms with Crippen molar-refractivity contribution in [1.29, 1.82) is 0 Å². The predicted octanol–water partition coefficient (Wildman–Crippen LogP) is -0.877. The fraction of sp³-hybridized carbons (Fsp3) is 0.667. The van der Waals surface area contributed by atoms with Crippen molar-refractivity contribution in [2.75, 3.05) is 13.1 Å². The average molecular weight is 280 g/mol. The highest BCUT2D eigenvalue weighted by Crippen LogP contribution is 2.17. The van der Waals surface area contributed by atoms with E-state index in [-0.39, 0.29) is 24.3 Å². The Labute approximate surface area is 117 Å². The first-order valence-corrected chi connectivity index (χ1v) is 6.67. The molecule has 1 saturated heterocycles. The number of likely N-dealkylation sites (tertiary alicyclic amines) is 1. The molecule has 0 bridgehead atoms. The number of aromatic nitrogens is 3. The maximum Gasteiger partial charge on any atom is 0.244 e. The van der Waals surface area contributed by atoms with Gasteiger partial charge in [-0.15, -0.1) is 0 Å². The molecule has 0 unspecified atom stereocenters. The maximum atomic E-state index is 12.2. The smallest absolute Gasteiger partial charge is 0.244 e. The zero-order chi connectivity index (χ0) is 14.7. The number of carbonyl (C=O) groups excluding carboxylic acids is 2. The lowest BCUT2D eigenvalue weighted by atomic mass is 9.96. The molecule has 1 aliphatic heterocycles. The van der Waals surface area contributed by atoms with Crippen LogP contribution >= 0.6 is 0 Å². The van der Waals surface area contributed by atoms with E-state index in [0.717, 1.165) is 5.82 Å². The summed E-state index contributed by atoms with van der Waals surface area (Å²) in [6.45, 7) is 4.96. The van der Waals surface area contributed by atoms with Gasteiger partial charge in [-0.05, 0) is 26.7 Å². The van der Waals surface area contributed by atoms with Crippen LogP contribution in [0, 0.1) is 19.8 Å². The number of nitrogens with two attached hydrogens (primary N) is 1. The summed E-state index contributed by atoms with van der Waals surface area (Å²) in [7, 11) is 0. The molecule has 0 atom stereocenters. The number of nitrogens with one attached hydrogen (secondary N) is 1. The Balaban J connectivity index is 1.89. The van der Waals surface area contributed by atoms with Crippen LogP contribution in [0.1, 0.15) is 24.5 Å². The van der Waals surface area contributed by atoms with Gasteiger partial charge in [-0.1, -0.05) is 0 Å². The summed E-state index contributed by atoms with van der Waals surface area (Å²) in [5.41, 5.74) is 2.16. The van der Waals surface area contributed by atoms with Gasteiger partial charge in [0.15, 0.2) is 0 Å². The first-order chi connectivity index (χ1) is 9.51. The van der Waals surface area contributed by atoms with E-state index in [1.807, 2.05) is 6.92 Å². The summed E-state index contributed by atoms with van der Waals surface area (Å²) in [5.74, 6) is 6.26. The molecule has 1 aliphatic rings. The summed E-state index contributed by atoms with van der Waals surface area (Å²) in [5, 5.41) is 4.18. The van der Waals surface area contributed by atoms with Gasteiger partial charge in [0, 0.05) is 19.0 Å². The summed E-state index contributed by atoms with van der Waals surface area (Å²) in [4.78, 5) is 29.5. The third-order valence-corrected chi connectivity index (χ3v) is 3.61. The molecule has 20 heavy (non-hydrogen) atoms. The Morgan fingerprint density at radius 1 is 1.35 bits per heavy atom. The van der Waals surface area contributed by atoms with Crippen LogP contribution in [0.5, 0.6) is 0 Å². The van der Waals surface area contributed by atoms with E-state index in [0.29, 0.717) is 31.8 Å². The number of aryl methyl sites for hydroxylation is 2. The fourth-order valence-electron chi connectivity index (χ4n) is 2.45. The largest absolute Gasteiger partial charge is 0.341 e. The van der Waals surface area contributed by atoms with Crippen molar-refractivity contribution in [2.24, 2.45) is 11.8 Å². The van der Waals surface area contributed by atoms with E-state index < -0.39 is 0 Å². The minimum absolute atomic E-state index is 0.00427. The second-order valence-electron chi connectivity index (χ2n) is 5.03. The van der Waals surface area contributed by atoms with Gasteiger partial charge in [0.25, 0.3) is 0 Å². The van der Waals surface area contributed by atoms with Crippen LogP contribution in [0.15, 0.2) is 0 Å². The molecule has 3 N–H and O–H groups in total. The molecule has 2 amide bonds. The van der Waals surface area contributed by atoms with Crippen molar-refractivity contribution in [2.45, 2.75) is 33.2 Å². The Morgan fingerprint density at radius 3 is 2.50 bits per heavy atom. The molecule has 0 spiro atoms. The zero-order valence-electron chi connectivity index (χ0n) is 11.8. The molecular weight excluding hydrogens is 260 g/mol. The van der Waals surface area contributed by atoms with Crippen LogP contribution in [-0.2, 0) is 16.1 Å². The molecule has 1 aromatic heterocycles. The van der Waals surface area contributed by atoms with Crippen LogP contribution in [-0.4, -0.2) is 44.6 Å². The number of carbonyl (C=O) groups is 2. The van der Waals surface area contributed by atoms with Crippen molar-refractivity contribution >= 4 is 11.8 Å². The number of hydrazine groups is 1. The van der Waals surface area contributed by atoms with Gasteiger partial charge in [-0.3, -0.25) is 15.0 Å². The highest BCUT2D eigenvalue weighted by molar-refractivity contribution is 5.79. The van der Waals surface area contributed by atoms with Crippen molar-refractivity contribution in [3.05, 3.63) is 11.6 Å². The molecule has 110 valence electrons. The predicted molar refractivity (Wildman–Crippen MR) is 71.1 cm³/mol. The molecule has 0 saturated carbocycles. The topological polar surface area (TPSA) is 106 Å². The number of amides is 2. The van der Waals surface area contributed by atoms with Gasteiger partial charge in [0.2, 0.25) is 11.8 Å². The van der Waals surface area contributed by atoms with Gasteiger partial charge >= 0.3 is 0 Å². The molecule has 0 radical (unpaired) electrons. The van der Waals surface area contributed by atoms with E-state index in [4.69, 9.17) is 5.84 Å². The summed E-state index contributed by atoms with van der Waals surface area (Å²) in [6, 6.07) is 0. The minimum atomic E-state index is -0.153. The number of nitrogens with zero attached hydrogens (tertiary/aromatic N) is 4. The second kappa shape index (κ2) is 6.00. The molecule has 8 nitrogen and oxygen atoms in total. The molecule has 1 aromatic rings. The second-order valence-corrected chi connectivity index (χ2v) is 5.03. The van der Waals surface area contributed by atoms with Crippen LogP contribution in [0.3, 0.4) is 0 Å². The highest BCUT2D eigenvalue weighted by Gasteiger charge is 2.27. The van der Waals surface area contributed by atoms with E-state index >= 15 is 0 Å². The monoisotopic (exact) mass is 280 g/mol. The highest BCUT2D eigenvalue weighted by atomic mass is 16.2. The first kappa shape index (κ1) is 14.4. The number of piperidine rings is 1. The van der Waals surface area contributed by atoms with Gasteiger partial charge in [-0.25, -0.2) is 15.5 Å². The molecule has 0 aromatic carbocycles. The number of rotatable bonds is 3. The van der Waals surface area contributed by atoms with Crippen molar-refractivity contribution in [1.82, 2.24) is 25.1 Å². The van der Waals surface area contributed by atoms with E-state index in [1.54, 1.807) is 16.5 Å². The zero-order valence-corrected chi connectivity index (χ0v) is 11.8. The molecule has 8 heteroatoms. The summed E-state index contributed by atoms with van der Waals surface area (Å²) in [6.07, 6.45) is 1.29. The van der Waals surface area contributed by atoms with E-state index in [2.05, 4.69) is 15.5 Å². The Hall–Kier alpha value is -1.96. The van der Waals surface area contributed by atoms with E-state index in [9.17, 15) is 9.59 Å². The molecule has 2 heterocycles. The third-order valence-electron chi connectivity index (χ3n) is 3.61. The minimum Gasteiger partial charge on any atom is -0.341 e. The standard InChI is InChI=1S/C12H20N6O2/c1-8-14-9(2)18(16-8)7-11(19)17-5-3-10(4-6-17)12(20)15-13/h10H,3-7,13H2,1-2H3,(H,15,20). The third kappa shape index (κ3) is 3.13. The maximum absolute atomic E-state index is 12.2. The Morgan fingerprint density at radius 2 is 2.00 bits per heavy atom. The molecule has 0 aliphatic carbocycles. The lowest BCUT2D eigenvalue weighted by Crippen LogP contribution is -2.45. The lowest BCUT2D eigenvalue weighted by molar-refractivity contribution is -0.136. The van der Waals surface area contributed by atoms with Crippen LogP contribution < -0.4 is 11.3 Å². The molecule has 2 rings (SSSR count). The number of hydrogen-bond donors (Lipinski definition) is 2.